The molecule has 0 bridgehead atoms. The summed E-state index contributed by atoms with van der Waals surface area (Å²) in [6.45, 7) is 1.59. The second kappa shape index (κ2) is 8.47. The van der Waals surface area contributed by atoms with E-state index in [0.29, 0.717) is 29.0 Å². The minimum Gasteiger partial charge on any atom is -0.493 e. The molecule has 2 fully saturated rings. The summed E-state index contributed by atoms with van der Waals surface area (Å²) >= 11 is 0. The molecule has 6 nitrogen and oxygen atoms in total. The fourth-order valence-electron chi connectivity index (χ4n) is 4.85. The van der Waals surface area contributed by atoms with Crippen molar-refractivity contribution >= 4 is 22.5 Å². The molecule has 0 radical (unpaired) electrons. The molecule has 1 saturated heterocycles. The van der Waals surface area contributed by atoms with Crippen molar-refractivity contribution < 1.29 is 14.3 Å². The van der Waals surface area contributed by atoms with Gasteiger partial charge >= 0.3 is 0 Å². The smallest absolute Gasteiger partial charge is 0.222 e. The van der Waals surface area contributed by atoms with Crippen molar-refractivity contribution in [3.63, 3.8) is 0 Å². The SMILES string of the molecule is COc1cc2cc(N)c(C3CCN(C(=O)CC4CCCC4)CC3)nc2cc1OC. The first kappa shape index (κ1) is 19.8. The van der Waals surface area contributed by atoms with E-state index in [1.807, 2.05) is 23.1 Å². The van der Waals surface area contributed by atoms with Gasteiger partial charge in [0, 0.05) is 36.9 Å². The van der Waals surface area contributed by atoms with Crippen LogP contribution < -0.4 is 15.2 Å². The summed E-state index contributed by atoms with van der Waals surface area (Å²) in [5, 5.41) is 0.938. The summed E-state index contributed by atoms with van der Waals surface area (Å²) in [6, 6.07) is 5.78. The summed E-state index contributed by atoms with van der Waals surface area (Å²) in [5.74, 6) is 2.54. The number of ether oxygens (including phenoxy) is 2. The standard InChI is InChI=1S/C23H31N3O3/c1-28-20-13-17-12-18(24)23(25-19(17)14-21(20)29-2)16-7-9-26(10-8-16)22(27)11-15-5-3-4-6-15/h12-16H,3-11,24H2,1-2H3. The van der Waals surface area contributed by atoms with Gasteiger partial charge < -0.3 is 20.1 Å². The largest absolute Gasteiger partial charge is 0.493 e. The van der Waals surface area contributed by atoms with Crippen LogP contribution in [0.4, 0.5) is 5.69 Å². The van der Waals surface area contributed by atoms with Crippen LogP contribution in [0.15, 0.2) is 18.2 Å². The number of benzene rings is 1. The molecule has 0 atom stereocenters. The van der Waals surface area contributed by atoms with Crippen LogP contribution in [-0.4, -0.2) is 43.1 Å². The number of methoxy groups -OCH3 is 2. The third-order valence-electron chi connectivity index (χ3n) is 6.55. The Labute approximate surface area is 172 Å². The van der Waals surface area contributed by atoms with Gasteiger partial charge in [-0.05, 0) is 43.7 Å². The molecule has 156 valence electrons. The Hall–Kier alpha value is -2.50. The summed E-state index contributed by atoms with van der Waals surface area (Å²) in [5.41, 5.74) is 8.87. The van der Waals surface area contributed by atoms with Crippen LogP contribution in [0.3, 0.4) is 0 Å². The lowest BCUT2D eigenvalue weighted by atomic mass is 9.91. The van der Waals surface area contributed by atoms with Crippen molar-refractivity contribution in [2.24, 2.45) is 5.92 Å². The molecule has 1 aromatic carbocycles. The van der Waals surface area contributed by atoms with Gasteiger partial charge in [0.05, 0.1) is 31.1 Å². The lowest BCUT2D eigenvalue weighted by Crippen LogP contribution is -2.38. The molecule has 29 heavy (non-hydrogen) atoms. The monoisotopic (exact) mass is 397 g/mol. The fraction of sp³-hybridized carbons (Fsp3) is 0.565. The van der Waals surface area contributed by atoms with Gasteiger partial charge in [0.15, 0.2) is 11.5 Å². The molecule has 2 N–H and O–H groups in total. The number of amides is 1. The molecule has 2 heterocycles. The van der Waals surface area contributed by atoms with Crippen LogP contribution in [0.1, 0.15) is 56.6 Å². The Bertz CT molecular complexity index is 885. The molecule has 2 aromatic rings. The first-order chi connectivity index (χ1) is 14.1. The quantitative estimate of drug-likeness (QED) is 0.821. The minimum atomic E-state index is 0.281. The number of nitrogens with two attached hydrogens (primary N) is 1. The molecule has 1 aliphatic heterocycles. The molecule has 6 heteroatoms. The predicted octanol–water partition coefficient (Wildman–Crippen LogP) is 4.12. The number of hydrogen-bond acceptors (Lipinski definition) is 5. The van der Waals surface area contributed by atoms with Crippen molar-refractivity contribution in [2.45, 2.75) is 50.9 Å². The zero-order valence-electron chi connectivity index (χ0n) is 17.4. The first-order valence-electron chi connectivity index (χ1n) is 10.7. The van der Waals surface area contributed by atoms with E-state index in [1.165, 1.54) is 25.7 Å². The van der Waals surface area contributed by atoms with Gasteiger partial charge in [0.2, 0.25) is 5.91 Å². The number of nitrogens with zero attached hydrogens (tertiary/aromatic N) is 2. The number of likely N-dealkylation sites (tertiary alicyclic amines) is 1. The number of aromatic nitrogens is 1. The Morgan fingerprint density at radius 2 is 1.72 bits per heavy atom. The fourth-order valence-corrected chi connectivity index (χ4v) is 4.85. The van der Waals surface area contributed by atoms with Gasteiger partial charge in [-0.1, -0.05) is 12.8 Å². The number of carbonyl (C=O) groups is 1. The van der Waals surface area contributed by atoms with Crippen molar-refractivity contribution in [2.75, 3.05) is 33.0 Å². The van der Waals surface area contributed by atoms with Crippen LogP contribution >= 0.6 is 0 Å². The van der Waals surface area contributed by atoms with Gasteiger partial charge in [0.25, 0.3) is 0 Å². The van der Waals surface area contributed by atoms with Crippen LogP contribution in [0.5, 0.6) is 11.5 Å². The van der Waals surface area contributed by atoms with E-state index in [4.69, 9.17) is 20.2 Å². The Balaban J connectivity index is 1.47. The second-order valence-corrected chi connectivity index (χ2v) is 8.37. The first-order valence-corrected chi connectivity index (χ1v) is 10.7. The molecule has 0 spiro atoms. The number of anilines is 1. The highest BCUT2D eigenvalue weighted by molar-refractivity contribution is 5.86. The van der Waals surface area contributed by atoms with E-state index in [0.717, 1.165) is 48.9 Å². The van der Waals surface area contributed by atoms with Gasteiger partial charge in [-0.3, -0.25) is 9.78 Å². The molecular formula is C23H31N3O3. The molecular weight excluding hydrogens is 366 g/mol. The molecule has 1 aliphatic carbocycles. The van der Waals surface area contributed by atoms with Gasteiger partial charge in [0.1, 0.15) is 0 Å². The molecule has 2 aliphatic rings. The average Bonchev–Trinajstić information content (AvgIpc) is 3.25. The Kier molecular flexibility index (Phi) is 5.79. The molecule has 4 rings (SSSR count). The zero-order chi connectivity index (χ0) is 20.4. The summed E-state index contributed by atoms with van der Waals surface area (Å²) in [7, 11) is 3.25. The van der Waals surface area contributed by atoms with Gasteiger partial charge in [-0.25, -0.2) is 0 Å². The number of nitrogen functional groups attached to an aromatic ring is 1. The number of fused-ring (bicyclic) bond motifs is 1. The molecule has 1 saturated carbocycles. The number of rotatable bonds is 5. The number of piperidine rings is 1. The van der Waals surface area contributed by atoms with Crippen LogP contribution in [0.2, 0.25) is 0 Å². The molecule has 0 unspecified atom stereocenters. The summed E-state index contributed by atoms with van der Waals surface area (Å²) in [6.07, 6.45) is 7.54. The maximum absolute atomic E-state index is 12.6. The topological polar surface area (TPSA) is 77.7 Å². The van der Waals surface area contributed by atoms with E-state index in [9.17, 15) is 4.79 Å². The van der Waals surface area contributed by atoms with Crippen molar-refractivity contribution in [1.29, 1.82) is 0 Å². The molecule has 1 amide bonds. The van der Waals surface area contributed by atoms with E-state index >= 15 is 0 Å². The van der Waals surface area contributed by atoms with Gasteiger partial charge in [-0.2, -0.15) is 0 Å². The Morgan fingerprint density at radius 1 is 1.07 bits per heavy atom. The maximum Gasteiger partial charge on any atom is 0.222 e. The predicted molar refractivity (Wildman–Crippen MR) is 114 cm³/mol. The lowest BCUT2D eigenvalue weighted by Gasteiger charge is -2.33. The highest BCUT2D eigenvalue weighted by atomic mass is 16.5. The molecule has 1 aromatic heterocycles. The van der Waals surface area contributed by atoms with Crippen molar-refractivity contribution in [3.05, 3.63) is 23.9 Å². The van der Waals surface area contributed by atoms with E-state index < -0.39 is 0 Å². The highest BCUT2D eigenvalue weighted by Gasteiger charge is 2.28. The Morgan fingerprint density at radius 3 is 2.38 bits per heavy atom. The highest BCUT2D eigenvalue weighted by Crippen LogP contribution is 2.37. The van der Waals surface area contributed by atoms with Crippen LogP contribution in [0, 0.1) is 5.92 Å². The third kappa shape index (κ3) is 4.11. The normalized spacial score (nSPS) is 18.3. The van der Waals surface area contributed by atoms with E-state index in [1.54, 1.807) is 14.2 Å². The number of pyridine rings is 1. The van der Waals surface area contributed by atoms with Gasteiger partial charge in [-0.15, -0.1) is 0 Å². The summed E-state index contributed by atoms with van der Waals surface area (Å²) in [4.78, 5) is 19.5. The van der Waals surface area contributed by atoms with Crippen LogP contribution in [-0.2, 0) is 4.79 Å². The van der Waals surface area contributed by atoms with Crippen molar-refractivity contribution in [3.8, 4) is 11.5 Å². The third-order valence-corrected chi connectivity index (χ3v) is 6.55. The maximum atomic E-state index is 12.6. The zero-order valence-corrected chi connectivity index (χ0v) is 17.4. The van der Waals surface area contributed by atoms with Crippen LogP contribution in [0.25, 0.3) is 10.9 Å². The van der Waals surface area contributed by atoms with Crippen molar-refractivity contribution in [1.82, 2.24) is 9.88 Å². The average molecular weight is 398 g/mol. The van der Waals surface area contributed by atoms with E-state index in [-0.39, 0.29) is 5.92 Å². The second-order valence-electron chi connectivity index (χ2n) is 8.37. The number of carbonyl (C=O) groups excluding carboxylic acids is 1. The lowest BCUT2D eigenvalue weighted by molar-refractivity contribution is -0.133. The number of hydrogen-bond donors (Lipinski definition) is 1. The van der Waals surface area contributed by atoms with E-state index in [2.05, 4.69) is 0 Å². The summed E-state index contributed by atoms with van der Waals surface area (Å²) < 4.78 is 10.8. The minimum absolute atomic E-state index is 0.281.